The summed E-state index contributed by atoms with van der Waals surface area (Å²) in [5.41, 5.74) is 8.19. The van der Waals surface area contributed by atoms with Crippen LogP contribution in [0.4, 0.5) is 5.82 Å². The summed E-state index contributed by atoms with van der Waals surface area (Å²) in [4.78, 5) is 8.35. The number of hydrogen-bond donors (Lipinski definition) is 2. The van der Waals surface area contributed by atoms with Crippen molar-refractivity contribution < 1.29 is 0 Å². The fraction of sp³-hybridized carbons (Fsp3) is 0.273. The maximum absolute atomic E-state index is 5.71. The maximum Gasteiger partial charge on any atom is 0.134 e. The molecule has 94 valence electrons. The molecule has 18 heavy (non-hydrogen) atoms. The van der Waals surface area contributed by atoms with E-state index in [0.29, 0.717) is 11.5 Å². The zero-order valence-electron chi connectivity index (χ0n) is 10.2. The van der Waals surface area contributed by atoms with Crippen LogP contribution in [-0.2, 0) is 13.6 Å². The molecule has 0 atom stereocenters. The molecule has 0 fully saturated rings. The monoisotopic (exact) mass is 262 g/mol. The van der Waals surface area contributed by atoms with E-state index in [2.05, 4.69) is 20.4 Å². The Morgan fingerprint density at radius 2 is 2.33 bits per heavy atom. The molecule has 0 bridgehead atoms. The molecule has 7 heteroatoms. The molecule has 0 saturated carbocycles. The molecule has 0 saturated heterocycles. The quantitative estimate of drug-likeness (QED) is 0.792. The summed E-state index contributed by atoms with van der Waals surface area (Å²) in [6.45, 7) is 2.45. The average molecular weight is 262 g/mol. The number of nitrogens with zero attached hydrogens (tertiary/aromatic N) is 4. The first-order valence-corrected chi connectivity index (χ1v) is 5.82. The molecule has 0 spiro atoms. The molecule has 0 radical (unpaired) electrons. The van der Waals surface area contributed by atoms with Crippen LogP contribution < -0.4 is 11.1 Å². The molecule has 2 aromatic rings. The number of aryl methyl sites for hydroxylation is 2. The minimum absolute atomic E-state index is 0.339. The second kappa shape index (κ2) is 5.09. The molecule has 0 aliphatic rings. The standard InChI is InChI=1S/C11H14N6S/c1-7-9(10(12)18)11(17(2)16-7)14-5-8-3-4-13-6-15-8/h3-4,6,14H,5H2,1-2H3,(H2,12,18). The molecule has 2 heterocycles. The van der Waals surface area contributed by atoms with E-state index in [4.69, 9.17) is 18.0 Å². The molecule has 0 aliphatic carbocycles. The molecule has 0 amide bonds. The van der Waals surface area contributed by atoms with Crippen LogP contribution in [0.2, 0.25) is 0 Å². The first-order valence-electron chi connectivity index (χ1n) is 5.41. The Labute approximate surface area is 110 Å². The normalized spacial score (nSPS) is 10.3. The van der Waals surface area contributed by atoms with Gasteiger partial charge in [-0.3, -0.25) is 4.68 Å². The van der Waals surface area contributed by atoms with E-state index in [1.54, 1.807) is 10.9 Å². The Balaban J connectivity index is 2.22. The Kier molecular flexibility index (Phi) is 3.52. The highest BCUT2D eigenvalue weighted by molar-refractivity contribution is 7.80. The smallest absolute Gasteiger partial charge is 0.134 e. The van der Waals surface area contributed by atoms with Crippen LogP contribution in [0.1, 0.15) is 17.0 Å². The van der Waals surface area contributed by atoms with Crippen LogP contribution in [0.15, 0.2) is 18.6 Å². The fourth-order valence-electron chi connectivity index (χ4n) is 1.75. The molecule has 2 rings (SSSR count). The summed E-state index contributed by atoms with van der Waals surface area (Å²) < 4.78 is 1.73. The molecular formula is C11H14N6S. The van der Waals surface area contributed by atoms with Crippen molar-refractivity contribution in [1.29, 1.82) is 0 Å². The van der Waals surface area contributed by atoms with Crippen molar-refractivity contribution in [2.24, 2.45) is 12.8 Å². The SMILES string of the molecule is Cc1nn(C)c(NCc2ccncn2)c1C(N)=S. The minimum atomic E-state index is 0.339. The van der Waals surface area contributed by atoms with Gasteiger partial charge in [0.05, 0.1) is 23.5 Å². The summed E-state index contributed by atoms with van der Waals surface area (Å²) in [5, 5.41) is 7.54. The second-order valence-electron chi connectivity index (χ2n) is 3.85. The fourth-order valence-corrected chi connectivity index (χ4v) is 2.00. The molecule has 2 aromatic heterocycles. The topological polar surface area (TPSA) is 81.7 Å². The van der Waals surface area contributed by atoms with Crippen molar-refractivity contribution >= 4 is 23.0 Å². The first-order chi connectivity index (χ1) is 8.59. The summed E-state index contributed by atoms with van der Waals surface area (Å²) in [5.74, 6) is 0.804. The van der Waals surface area contributed by atoms with E-state index in [0.717, 1.165) is 22.8 Å². The van der Waals surface area contributed by atoms with E-state index in [1.807, 2.05) is 20.0 Å². The summed E-state index contributed by atoms with van der Waals surface area (Å²) in [6.07, 6.45) is 3.22. The predicted octanol–water partition coefficient (Wildman–Crippen LogP) is 0.765. The highest BCUT2D eigenvalue weighted by Gasteiger charge is 2.15. The van der Waals surface area contributed by atoms with Gasteiger partial charge in [-0.25, -0.2) is 9.97 Å². The van der Waals surface area contributed by atoms with E-state index < -0.39 is 0 Å². The summed E-state index contributed by atoms with van der Waals surface area (Å²) in [7, 11) is 1.84. The number of anilines is 1. The highest BCUT2D eigenvalue weighted by atomic mass is 32.1. The lowest BCUT2D eigenvalue weighted by molar-refractivity contribution is 0.757. The van der Waals surface area contributed by atoms with E-state index in [-0.39, 0.29) is 0 Å². The van der Waals surface area contributed by atoms with Gasteiger partial charge in [0.2, 0.25) is 0 Å². The molecule has 0 aliphatic heterocycles. The van der Waals surface area contributed by atoms with Crippen molar-refractivity contribution in [3.63, 3.8) is 0 Å². The highest BCUT2D eigenvalue weighted by Crippen LogP contribution is 2.18. The van der Waals surface area contributed by atoms with Gasteiger partial charge in [-0.15, -0.1) is 0 Å². The van der Waals surface area contributed by atoms with Crippen LogP contribution >= 0.6 is 12.2 Å². The lowest BCUT2D eigenvalue weighted by Crippen LogP contribution is -2.14. The third kappa shape index (κ3) is 2.45. The van der Waals surface area contributed by atoms with Gasteiger partial charge >= 0.3 is 0 Å². The van der Waals surface area contributed by atoms with Crippen molar-refractivity contribution in [1.82, 2.24) is 19.7 Å². The average Bonchev–Trinajstić information content (AvgIpc) is 2.62. The number of rotatable bonds is 4. The van der Waals surface area contributed by atoms with Gasteiger partial charge in [-0.2, -0.15) is 5.10 Å². The van der Waals surface area contributed by atoms with E-state index in [9.17, 15) is 0 Å². The summed E-state index contributed by atoms with van der Waals surface area (Å²) >= 11 is 5.04. The number of nitrogens with two attached hydrogens (primary N) is 1. The number of hydrogen-bond acceptors (Lipinski definition) is 5. The maximum atomic E-state index is 5.71. The zero-order chi connectivity index (χ0) is 13.1. The number of nitrogens with one attached hydrogen (secondary N) is 1. The van der Waals surface area contributed by atoms with Crippen LogP contribution in [0.25, 0.3) is 0 Å². The Hall–Kier alpha value is -2.02. The van der Waals surface area contributed by atoms with Gasteiger partial charge in [0, 0.05) is 13.2 Å². The van der Waals surface area contributed by atoms with E-state index >= 15 is 0 Å². The van der Waals surface area contributed by atoms with E-state index in [1.165, 1.54) is 6.33 Å². The van der Waals surface area contributed by atoms with Crippen LogP contribution in [0.5, 0.6) is 0 Å². The van der Waals surface area contributed by atoms with Gasteiger partial charge < -0.3 is 11.1 Å². The predicted molar refractivity (Wildman–Crippen MR) is 73.2 cm³/mol. The number of aromatic nitrogens is 4. The van der Waals surface area contributed by atoms with Crippen molar-refractivity contribution in [2.45, 2.75) is 13.5 Å². The first kappa shape index (κ1) is 12.4. The zero-order valence-corrected chi connectivity index (χ0v) is 11.0. The van der Waals surface area contributed by atoms with Crippen molar-refractivity contribution in [3.05, 3.63) is 35.5 Å². The molecule has 0 unspecified atom stereocenters. The molecular weight excluding hydrogens is 248 g/mol. The van der Waals surface area contributed by atoms with Crippen molar-refractivity contribution in [2.75, 3.05) is 5.32 Å². The van der Waals surface area contributed by atoms with Crippen LogP contribution in [0.3, 0.4) is 0 Å². The largest absolute Gasteiger partial charge is 0.389 e. The Morgan fingerprint density at radius 3 is 2.94 bits per heavy atom. The van der Waals surface area contributed by atoms with Crippen LogP contribution in [-0.4, -0.2) is 24.7 Å². The second-order valence-corrected chi connectivity index (χ2v) is 4.29. The molecule has 6 nitrogen and oxygen atoms in total. The molecule has 3 N–H and O–H groups in total. The minimum Gasteiger partial charge on any atom is -0.389 e. The Bertz CT molecular complexity index is 562. The number of thiocarbonyl (C=S) groups is 1. The van der Waals surface area contributed by atoms with Gasteiger partial charge in [0.15, 0.2) is 0 Å². The van der Waals surface area contributed by atoms with Gasteiger partial charge in [-0.1, -0.05) is 12.2 Å². The third-order valence-electron chi connectivity index (χ3n) is 2.55. The lowest BCUT2D eigenvalue weighted by Gasteiger charge is -2.08. The Morgan fingerprint density at radius 1 is 1.56 bits per heavy atom. The van der Waals surface area contributed by atoms with Gasteiger partial charge in [-0.05, 0) is 13.0 Å². The van der Waals surface area contributed by atoms with Crippen LogP contribution in [0, 0.1) is 6.92 Å². The lowest BCUT2D eigenvalue weighted by atomic mass is 10.2. The summed E-state index contributed by atoms with van der Waals surface area (Å²) in [6, 6.07) is 1.84. The third-order valence-corrected chi connectivity index (χ3v) is 2.75. The molecule has 0 aromatic carbocycles. The van der Waals surface area contributed by atoms with Gasteiger partial charge in [0.1, 0.15) is 17.1 Å². The van der Waals surface area contributed by atoms with Crippen molar-refractivity contribution in [3.8, 4) is 0 Å². The van der Waals surface area contributed by atoms with Gasteiger partial charge in [0.25, 0.3) is 0 Å².